The van der Waals surface area contributed by atoms with E-state index < -0.39 is 0 Å². The summed E-state index contributed by atoms with van der Waals surface area (Å²) in [5.74, 6) is 1.80. The minimum absolute atomic E-state index is 0.427. The first-order chi connectivity index (χ1) is 6.77. The average Bonchev–Trinajstić information content (AvgIpc) is 2.20. The van der Waals surface area contributed by atoms with Crippen LogP contribution in [0.2, 0.25) is 0 Å². The van der Waals surface area contributed by atoms with Gasteiger partial charge in [0.15, 0.2) is 0 Å². The topological polar surface area (TPSA) is 48.1 Å². The van der Waals surface area contributed by atoms with Crippen molar-refractivity contribution in [1.82, 2.24) is 4.98 Å². The van der Waals surface area contributed by atoms with Gasteiger partial charge in [-0.15, -0.1) is 0 Å². The van der Waals surface area contributed by atoms with Crippen molar-refractivity contribution in [2.45, 2.75) is 13.5 Å². The van der Waals surface area contributed by atoms with Crippen LogP contribution in [0, 0.1) is 6.92 Å². The molecule has 0 amide bonds. The van der Waals surface area contributed by atoms with Crippen LogP contribution in [0.3, 0.4) is 0 Å². The lowest BCUT2D eigenvalue weighted by Crippen LogP contribution is -2.07. The Balaban J connectivity index is 2.65. The Bertz CT molecular complexity index is 291. The predicted octanol–water partition coefficient (Wildman–Crippen LogP) is 1.59. The van der Waals surface area contributed by atoms with Gasteiger partial charge in [-0.25, -0.2) is 0 Å². The summed E-state index contributed by atoms with van der Waals surface area (Å²) in [7, 11) is 0. The zero-order valence-electron chi connectivity index (χ0n) is 8.62. The molecule has 0 spiro atoms. The Hall–Kier alpha value is -0.740. The lowest BCUT2D eigenvalue weighted by atomic mass is 10.3. The Kier molecular flexibility index (Phi) is 4.76. The second kappa shape index (κ2) is 5.88. The number of pyridine rings is 1. The van der Waals surface area contributed by atoms with E-state index in [0.717, 1.165) is 22.9 Å². The highest BCUT2D eigenvalue weighted by molar-refractivity contribution is 7.98. The molecule has 0 saturated carbocycles. The zero-order valence-corrected chi connectivity index (χ0v) is 9.43. The maximum Gasteiger partial charge on any atom is 0.142 e. The molecule has 1 heterocycles. The minimum atomic E-state index is 0.427. The highest BCUT2D eigenvalue weighted by Crippen LogP contribution is 2.16. The third-order valence-electron chi connectivity index (χ3n) is 1.81. The summed E-state index contributed by atoms with van der Waals surface area (Å²) in [4.78, 5) is 4.31. The molecule has 1 aromatic rings. The molecular weight excluding hydrogens is 196 g/mol. The number of ether oxygens (including phenoxy) is 1. The van der Waals surface area contributed by atoms with Crippen LogP contribution in [0.15, 0.2) is 12.1 Å². The van der Waals surface area contributed by atoms with Crippen molar-refractivity contribution in [2.24, 2.45) is 5.73 Å². The standard InChI is InChI=1S/C10H16N2OS/c1-8-3-4-10(9(7-11)12-8)13-5-6-14-2/h3-4H,5-7,11H2,1-2H3. The van der Waals surface area contributed by atoms with Crippen LogP contribution < -0.4 is 10.5 Å². The predicted molar refractivity (Wildman–Crippen MR) is 60.7 cm³/mol. The maximum atomic E-state index is 5.58. The van der Waals surface area contributed by atoms with Crippen LogP contribution in [0.25, 0.3) is 0 Å². The number of nitrogens with zero attached hydrogens (tertiary/aromatic N) is 1. The number of thioether (sulfide) groups is 1. The van der Waals surface area contributed by atoms with Crippen molar-refractivity contribution < 1.29 is 4.74 Å². The molecule has 4 heteroatoms. The van der Waals surface area contributed by atoms with Crippen LogP contribution in [0.5, 0.6) is 5.75 Å². The van der Waals surface area contributed by atoms with Crippen LogP contribution in [-0.4, -0.2) is 23.6 Å². The molecule has 0 atom stereocenters. The van der Waals surface area contributed by atoms with Gasteiger partial charge < -0.3 is 10.5 Å². The molecule has 78 valence electrons. The quantitative estimate of drug-likeness (QED) is 0.753. The highest BCUT2D eigenvalue weighted by Gasteiger charge is 2.03. The van der Waals surface area contributed by atoms with Crippen molar-refractivity contribution in [1.29, 1.82) is 0 Å². The highest BCUT2D eigenvalue weighted by atomic mass is 32.2. The second-order valence-corrected chi connectivity index (χ2v) is 3.93. The number of hydrogen-bond donors (Lipinski definition) is 1. The van der Waals surface area contributed by atoms with E-state index in [9.17, 15) is 0 Å². The maximum absolute atomic E-state index is 5.58. The van der Waals surface area contributed by atoms with E-state index in [1.807, 2.05) is 19.1 Å². The third-order valence-corrected chi connectivity index (χ3v) is 2.38. The molecule has 0 aliphatic heterocycles. The number of aryl methyl sites for hydroxylation is 1. The Morgan fingerprint density at radius 2 is 2.29 bits per heavy atom. The molecule has 0 aliphatic rings. The first-order valence-corrected chi connectivity index (χ1v) is 5.95. The minimum Gasteiger partial charge on any atom is -0.491 e. The molecule has 14 heavy (non-hydrogen) atoms. The van der Waals surface area contributed by atoms with Crippen molar-refractivity contribution >= 4 is 11.8 Å². The van der Waals surface area contributed by atoms with Gasteiger partial charge in [0.05, 0.1) is 12.3 Å². The van der Waals surface area contributed by atoms with Gasteiger partial charge in [-0.3, -0.25) is 4.98 Å². The number of hydrogen-bond acceptors (Lipinski definition) is 4. The lowest BCUT2D eigenvalue weighted by Gasteiger charge is -2.09. The van der Waals surface area contributed by atoms with Crippen molar-refractivity contribution in [3.05, 3.63) is 23.5 Å². The van der Waals surface area contributed by atoms with Gasteiger partial charge in [0.25, 0.3) is 0 Å². The van der Waals surface area contributed by atoms with Crippen molar-refractivity contribution in [3.63, 3.8) is 0 Å². The molecule has 1 aromatic heterocycles. The largest absolute Gasteiger partial charge is 0.491 e. The van der Waals surface area contributed by atoms with E-state index in [1.165, 1.54) is 0 Å². The summed E-state index contributed by atoms with van der Waals surface area (Å²) in [6.45, 7) is 3.08. The smallest absolute Gasteiger partial charge is 0.142 e. The average molecular weight is 212 g/mol. The fraction of sp³-hybridized carbons (Fsp3) is 0.500. The second-order valence-electron chi connectivity index (χ2n) is 2.94. The molecule has 1 rings (SSSR count). The Labute approximate surface area is 89.1 Å². The molecular formula is C10H16N2OS. The first kappa shape index (κ1) is 11.3. The van der Waals surface area contributed by atoms with Crippen LogP contribution in [0.1, 0.15) is 11.4 Å². The molecule has 0 radical (unpaired) electrons. The van der Waals surface area contributed by atoms with Gasteiger partial charge in [0, 0.05) is 18.0 Å². The van der Waals surface area contributed by atoms with Gasteiger partial charge in [0.2, 0.25) is 0 Å². The first-order valence-electron chi connectivity index (χ1n) is 4.56. The number of nitrogens with two attached hydrogens (primary N) is 1. The van der Waals surface area contributed by atoms with Crippen LogP contribution >= 0.6 is 11.8 Å². The van der Waals surface area contributed by atoms with E-state index in [-0.39, 0.29) is 0 Å². The van der Waals surface area contributed by atoms with Crippen molar-refractivity contribution in [3.8, 4) is 5.75 Å². The summed E-state index contributed by atoms with van der Waals surface area (Å²) < 4.78 is 5.56. The fourth-order valence-electron chi connectivity index (χ4n) is 1.11. The van der Waals surface area contributed by atoms with E-state index in [1.54, 1.807) is 11.8 Å². The summed E-state index contributed by atoms with van der Waals surface area (Å²) in [5, 5.41) is 0. The molecule has 0 fully saturated rings. The monoisotopic (exact) mass is 212 g/mol. The molecule has 0 aliphatic carbocycles. The SMILES string of the molecule is CSCCOc1ccc(C)nc1CN. The molecule has 2 N–H and O–H groups in total. The molecule has 0 bridgehead atoms. The zero-order chi connectivity index (χ0) is 10.4. The summed E-state index contributed by atoms with van der Waals surface area (Å²) in [6.07, 6.45) is 2.06. The van der Waals surface area contributed by atoms with Gasteiger partial charge >= 0.3 is 0 Å². The molecule has 0 saturated heterocycles. The molecule has 0 aromatic carbocycles. The van der Waals surface area contributed by atoms with Gasteiger partial charge in [-0.2, -0.15) is 11.8 Å². The summed E-state index contributed by atoms with van der Waals surface area (Å²) >= 11 is 1.76. The normalized spacial score (nSPS) is 10.2. The van der Waals surface area contributed by atoms with E-state index in [2.05, 4.69) is 11.2 Å². The summed E-state index contributed by atoms with van der Waals surface area (Å²) in [5.41, 5.74) is 7.39. The summed E-state index contributed by atoms with van der Waals surface area (Å²) in [6, 6.07) is 3.87. The van der Waals surface area contributed by atoms with Gasteiger partial charge in [-0.1, -0.05) is 0 Å². The van der Waals surface area contributed by atoms with Gasteiger partial charge in [-0.05, 0) is 25.3 Å². The van der Waals surface area contributed by atoms with E-state index >= 15 is 0 Å². The van der Waals surface area contributed by atoms with Crippen LogP contribution in [0.4, 0.5) is 0 Å². The lowest BCUT2D eigenvalue weighted by molar-refractivity contribution is 0.338. The van der Waals surface area contributed by atoms with Crippen molar-refractivity contribution in [2.75, 3.05) is 18.6 Å². The third kappa shape index (κ3) is 3.20. The number of rotatable bonds is 5. The Morgan fingerprint density at radius 1 is 1.50 bits per heavy atom. The van der Waals surface area contributed by atoms with Gasteiger partial charge in [0.1, 0.15) is 5.75 Å². The number of aromatic nitrogens is 1. The molecule has 3 nitrogen and oxygen atoms in total. The fourth-order valence-corrected chi connectivity index (χ4v) is 1.36. The van der Waals surface area contributed by atoms with Crippen LogP contribution in [-0.2, 0) is 6.54 Å². The van der Waals surface area contributed by atoms with E-state index in [4.69, 9.17) is 10.5 Å². The Morgan fingerprint density at radius 3 is 2.93 bits per heavy atom. The molecule has 0 unspecified atom stereocenters. The van der Waals surface area contributed by atoms with E-state index in [0.29, 0.717) is 13.2 Å².